The molecule has 1 aliphatic rings. The third-order valence-corrected chi connectivity index (χ3v) is 7.90. The minimum absolute atomic E-state index is 0.332. The second-order valence-corrected chi connectivity index (χ2v) is 10.6. The highest BCUT2D eigenvalue weighted by atomic mass is 16.6. The fourth-order valence-electron chi connectivity index (χ4n) is 5.75. The van der Waals surface area contributed by atoms with Crippen LogP contribution < -0.4 is 14.2 Å². The van der Waals surface area contributed by atoms with E-state index in [1.54, 1.807) is 21.3 Å². The van der Waals surface area contributed by atoms with Gasteiger partial charge in [0.25, 0.3) is 0 Å². The van der Waals surface area contributed by atoms with Crippen LogP contribution in [-0.4, -0.2) is 50.9 Å². The van der Waals surface area contributed by atoms with Gasteiger partial charge >= 0.3 is 0 Å². The fraction of sp³-hybridized carbons (Fsp3) is 0.333. The van der Waals surface area contributed by atoms with Gasteiger partial charge in [-0.05, 0) is 23.1 Å². The predicted octanol–water partition coefficient (Wildman–Crippen LogP) is 6.32. The molecule has 5 atom stereocenters. The summed E-state index contributed by atoms with van der Waals surface area (Å²) in [5.74, 6) is 1.45. The first-order chi connectivity index (χ1) is 21.1. The van der Waals surface area contributed by atoms with Crippen molar-refractivity contribution in [2.45, 2.75) is 56.6 Å². The highest BCUT2D eigenvalue weighted by molar-refractivity contribution is 5.53. The molecule has 7 heteroatoms. The van der Waals surface area contributed by atoms with Crippen LogP contribution in [0.3, 0.4) is 0 Å². The van der Waals surface area contributed by atoms with Gasteiger partial charge in [-0.2, -0.15) is 0 Å². The highest BCUT2D eigenvalue weighted by Crippen LogP contribution is 2.47. The Bertz CT molecular complexity index is 1370. The molecule has 0 bridgehead atoms. The molecule has 0 heterocycles. The van der Waals surface area contributed by atoms with Crippen molar-refractivity contribution in [1.29, 1.82) is 0 Å². The average Bonchev–Trinajstić information content (AvgIpc) is 3.06. The maximum absolute atomic E-state index is 11.7. The molecule has 1 aliphatic carbocycles. The molecule has 0 aliphatic heterocycles. The van der Waals surface area contributed by atoms with Gasteiger partial charge in [0, 0.05) is 23.6 Å². The van der Waals surface area contributed by atoms with Crippen LogP contribution in [0.1, 0.15) is 34.6 Å². The molecule has 4 aromatic rings. The molecular weight excluding hydrogens is 544 g/mol. The third kappa shape index (κ3) is 7.56. The Kier molecular flexibility index (Phi) is 10.7. The molecule has 7 nitrogen and oxygen atoms in total. The summed E-state index contributed by atoms with van der Waals surface area (Å²) in [6.45, 7) is 1.02. The fourth-order valence-corrected chi connectivity index (χ4v) is 5.75. The Balaban J connectivity index is 1.55. The molecule has 0 unspecified atom stereocenters. The van der Waals surface area contributed by atoms with Crippen LogP contribution in [0.25, 0.3) is 0 Å². The molecule has 5 rings (SSSR count). The van der Waals surface area contributed by atoms with E-state index in [9.17, 15) is 5.11 Å². The van der Waals surface area contributed by atoms with E-state index in [1.807, 2.05) is 103 Å². The van der Waals surface area contributed by atoms with Crippen LogP contribution in [0.4, 0.5) is 0 Å². The van der Waals surface area contributed by atoms with Gasteiger partial charge in [-0.25, -0.2) is 0 Å². The van der Waals surface area contributed by atoms with Gasteiger partial charge in [-0.15, -0.1) is 0 Å². The van der Waals surface area contributed by atoms with E-state index >= 15 is 0 Å². The lowest BCUT2D eigenvalue weighted by Gasteiger charge is -2.45. The van der Waals surface area contributed by atoms with E-state index < -0.39 is 24.4 Å². The van der Waals surface area contributed by atoms with Crippen LogP contribution in [0.2, 0.25) is 0 Å². The van der Waals surface area contributed by atoms with Crippen LogP contribution in [0.15, 0.2) is 103 Å². The SMILES string of the molecule is COc1cc(OC)c([C@@H]2C[C@H](O)[C@@H](OCc3ccccc3)[C@H](OCc3ccccc3)[C@H]2OCc2ccccc2)c(OC)c1. The minimum atomic E-state index is -0.845. The van der Waals surface area contributed by atoms with Crippen molar-refractivity contribution < 1.29 is 33.5 Å². The molecule has 1 fully saturated rings. The number of aliphatic hydroxyl groups excluding tert-OH is 1. The third-order valence-electron chi connectivity index (χ3n) is 7.90. The van der Waals surface area contributed by atoms with E-state index in [2.05, 4.69) is 0 Å². The maximum Gasteiger partial charge on any atom is 0.129 e. The van der Waals surface area contributed by atoms with E-state index in [4.69, 9.17) is 28.4 Å². The lowest BCUT2D eigenvalue weighted by Crippen LogP contribution is -2.55. The van der Waals surface area contributed by atoms with Gasteiger partial charge in [0.2, 0.25) is 0 Å². The number of rotatable bonds is 13. The normalized spacial score (nSPS) is 21.7. The molecule has 0 spiro atoms. The number of ether oxygens (including phenoxy) is 6. The summed E-state index contributed by atoms with van der Waals surface area (Å²) in [5.41, 5.74) is 3.85. The molecule has 43 heavy (non-hydrogen) atoms. The summed E-state index contributed by atoms with van der Waals surface area (Å²) >= 11 is 0. The lowest BCUT2D eigenvalue weighted by atomic mass is 9.76. The average molecular weight is 585 g/mol. The van der Waals surface area contributed by atoms with Crippen molar-refractivity contribution in [3.63, 3.8) is 0 Å². The number of methoxy groups -OCH3 is 3. The van der Waals surface area contributed by atoms with Crippen molar-refractivity contribution >= 4 is 0 Å². The number of hydrogen-bond acceptors (Lipinski definition) is 7. The first kappa shape index (κ1) is 30.6. The molecule has 0 radical (unpaired) electrons. The van der Waals surface area contributed by atoms with Crippen LogP contribution in [-0.2, 0) is 34.0 Å². The highest BCUT2D eigenvalue weighted by Gasteiger charge is 2.49. The quantitative estimate of drug-likeness (QED) is 0.197. The summed E-state index contributed by atoms with van der Waals surface area (Å²) in [6.07, 6.45) is -2.26. The van der Waals surface area contributed by atoms with E-state index in [0.29, 0.717) is 43.5 Å². The first-order valence-corrected chi connectivity index (χ1v) is 14.6. The van der Waals surface area contributed by atoms with E-state index in [0.717, 1.165) is 22.3 Å². The lowest BCUT2D eigenvalue weighted by molar-refractivity contribution is -0.208. The molecule has 1 N–H and O–H groups in total. The zero-order valence-electron chi connectivity index (χ0n) is 24.9. The summed E-state index contributed by atoms with van der Waals surface area (Å²) in [5, 5.41) is 11.7. The standard InChI is InChI=1S/C36H40O7/c1-38-28-19-31(39-2)33(32(20-28)40-3)29-21-30(37)35(42-23-26-15-9-5-10-16-26)36(43-24-27-17-11-6-12-18-27)34(29)41-22-25-13-7-4-8-14-25/h4-20,29-30,34-37H,21-24H2,1-3H3/t29-,30-,34-,35+,36+/m0/s1. The second-order valence-electron chi connectivity index (χ2n) is 10.6. The predicted molar refractivity (Wildman–Crippen MR) is 165 cm³/mol. The summed E-state index contributed by atoms with van der Waals surface area (Å²) < 4.78 is 37.1. The van der Waals surface area contributed by atoms with Gasteiger partial charge in [-0.3, -0.25) is 0 Å². The van der Waals surface area contributed by atoms with E-state index in [-0.39, 0.29) is 5.92 Å². The molecule has 4 aromatic carbocycles. The Morgan fingerprint density at radius 2 is 0.977 bits per heavy atom. The van der Waals surface area contributed by atoms with Gasteiger partial charge in [-0.1, -0.05) is 91.0 Å². The maximum atomic E-state index is 11.7. The number of hydrogen-bond donors (Lipinski definition) is 1. The van der Waals surface area contributed by atoms with Gasteiger partial charge in [0.1, 0.15) is 29.5 Å². The zero-order valence-corrected chi connectivity index (χ0v) is 24.9. The molecule has 226 valence electrons. The van der Waals surface area contributed by atoms with Crippen molar-refractivity contribution in [1.82, 2.24) is 0 Å². The molecular formula is C36H40O7. The molecule has 0 saturated heterocycles. The largest absolute Gasteiger partial charge is 0.496 e. The molecule has 0 amide bonds. The minimum Gasteiger partial charge on any atom is -0.496 e. The van der Waals surface area contributed by atoms with Gasteiger partial charge in [0.05, 0.1) is 53.4 Å². The van der Waals surface area contributed by atoms with E-state index in [1.165, 1.54) is 0 Å². The Morgan fingerprint density at radius 1 is 0.558 bits per heavy atom. The first-order valence-electron chi connectivity index (χ1n) is 14.6. The summed E-state index contributed by atoms with van der Waals surface area (Å²) in [4.78, 5) is 0. The van der Waals surface area contributed by atoms with Crippen molar-refractivity contribution in [2.75, 3.05) is 21.3 Å². The van der Waals surface area contributed by atoms with Crippen molar-refractivity contribution in [3.8, 4) is 17.2 Å². The molecule has 0 aromatic heterocycles. The topological polar surface area (TPSA) is 75.6 Å². The van der Waals surface area contributed by atoms with Crippen LogP contribution >= 0.6 is 0 Å². The summed E-state index contributed by atoms with van der Waals surface area (Å²) in [6, 6.07) is 33.6. The second kappa shape index (κ2) is 15.0. The number of aliphatic hydroxyl groups is 1. The number of benzene rings is 4. The molecule has 1 saturated carbocycles. The monoisotopic (exact) mass is 584 g/mol. The van der Waals surface area contributed by atoms with Gasteiger partial charge < -0.3 is 33.5 Å². The Morgan fingerprint density at radius 3 is 1.40 bits per heavy atom. The van der Waals surface area contributed by atoms with Crippen molar-refractivity contribution in [3.05, 3.63) is 125 Å². The zero-order chi connectivity index (χ0) is 30.0. The van der Waals surface area contributed by atoms with Crippen LogP contribution in [0.5, 0.6) is 17.2 Å². The van der Waals surface area contributed by atoms with Crippen LogP contribution in [0, 0.1) is 0 Å². The van der Waals surface area contributed by atoms with Crippen molar-refractivity contribution in [2.24, 2.45) is 0 Å². The Labute approximate surface area is 253 Å². The smallest absolute Gasteiger partial charge is 0.129 e. The summed E-state index contributed by atoms with van der Waals surface area (Å²) in [7, 11) is 4.84. The Hall–Kier alpha value is -3.88. The van der Waals surface area contributed by atoms with Gasteiger partial charge in [0.15, 0.2) is 0 Å².